The number of carbonyl (C=O) groups is 2. The Hall–Kier alpha value is -1.96. The van der Waals surface area contributed by atoms with Gasteiger partial charge in [-0.1, -0.05) is 0 Å². The van der Waals surface area contributed by atoms with E-state index in [9.17, 15) is 14.8 Å². The average molecular weight is 263 g/mol. The zero-order valence-electron chi connectivity index (χ0n) is 10.0. The van der Waals surface area contributed by atoms with Gasteiger partial charge in [0.15, 0.2) is 5.69 Å². The van der Waals surface area contributed by atoms with Crippen molar-refractivity contribution in [1.82, 2.24) is 4.90 Å². The van der Waals surface area contributed by atoms with Crippen LogP contribution in [0.5, 0.6) is 0 Å². The Balaban J connectivity index is 2.08. The Morgan fingerprint density at radius 3 is 2.95 bits per heavy atom. The molecular weight excluding hydrogens is 250 g/mol. The van der Waals surface area contributed by atoms with Gasteiger partial charge in [-0.2, -0.15) is 5.23 Å². The SMILES string of the molecule is O=C1Nc2ccc([NH+]([O-])O)cc2C(=O)N2CCCC12. The third-order valence-electron chi connectivity index (χ3n) is 3.57. The van der Waals surface area contributed by atoms with E-state index >= 15 is 0 Å². The van der Waals surface area contributed by atoms with Crippen molar-refractivity contribution < 1.29 is 20.0 Å². The summed E-state index contributed by atoms with van der Waals surface area (Å²) in [5, 5.41) is 21.5. The molecule has 1 aromatic rings. The summed E-state index contributed by atoms with van der Waals surface area (Å²) in [6.07, 6.45) is 1.44. The number of nitrogens with zero attached hydrogens (tertiary/aromatic N) is 1. The lowest BCUT2D eigenvalue weighted by molar-refractivity contribution is -0.991. The maximum Gasteiger partial charge on any atom is 0.256 e. The first-order valence-electron chi connectivity index (χ1n) is 6.07. The first-order valence-corrected chi connectivity index (χ1v) is 6.07. The van der Waals surface area contributed by atoms with Crippen molar-refractivity contribution in [3.05, 3.63) is 29.0 Å². The van der Waals surface area contributed by atoms with Crippen molar-refractivity contribution in [3.8, 4) is 0 Å². The van der Waals surface area contributed by atoms with Gasteiger partial charge in [0.2, 0.25) is 5.91 Å². The van der Waals surface area contributed by atoms with E-state index in [4.69, 9.17) is 5.21 Å². The zero-order valence-corrected chi connectivity index (χ0v) is 10.0. The zero-order chi connectivity index (χ0) is 13.6. The lowest BCUT2D eigenvalue weighted by Gasteiger charge is -2.20. The second-order valence-electron chi connectivity index (χ2n) is 4.71. The van der Waals surface area contributed by atoms with Crippen LogP contribution < -0.4 is 10.5 Å². The molecule has 19 heavy (non-hydrogen) atoms. The van der Waals surface area contributed by atoms with Crippen molar-refractivity contribution >= 4 is 23.2 Å². The molecule has 2 aliphatic rings. The summed E-state index contributed by atoms with van der Waals surface area (Å²) in [6.45, 7) is 0.535. The number of benzene rings is 1. The largest absolute Gasteiger partial charge is 0.595 e. The number of hydrogen-bond acceptors (Lipinski definition) is 4. The number of quaternary nitrogens is 1. The van der Waals surface area contributed by atoms with Gasteiger partial charge in [0.1, 0.15) is 6.04 Å². The fraction of sp³-hybridized carbons (Fsp3) is 0.333. The van der Waals surface area contributed by atoms with Gasteiger partial charge >= 0.3 is 0 Å². The molecule has 2 unspecified atom stereocenters. The van der Waals surface area contributed by atoms with Crippen molar-refractivity contribution in [2.45, 2.75) is 18.9 Å². The quantitative estimate of drug-likeness (QED) is 0.603. The maximum atomic E-state index is 12.4. The van der Waals surface area contributed by atoms with Crippen LogP contribution in [0.15, 0.2) is 18.2 Å². The molecule has 7 nitrogen and oxygen atoms in total. The van der Waals surface area contributed by atoms with Crippen LogP contribution in [-0.4, -0.2) is 34.5 Å². The van der Waals surface area contributed by atoms with Gasteiger partial charge in [-0.05, 0) is 18.9 Å². The van der Waals surface area contributed by atoms with E-state index in [1.54, 1.807) is 0 Å². The molecular formula is C12H13N3O4. The molecule has 0 saturated carbocycles. The van der Waals surface area contributed by atoms with Gasteiger partial charge in [-0.3, -0.25) is 9.59 Å². The Morgan fingerprint density at radius 1 is 1.42 bits per heavy atom. The molecule has 1 aromatic carbocycles. The van der Waals surface area contributed by atoms with E-state index < -0.39 is 11.3 Å². The fourth-order valence-electron chi connectivity index (χ4n) is 2.62. The van der Waals surface area contributed by atoms with E-state index in [0.717, 1.165) is 6.42 Å². The molecule has 0 radical (unpaired) electrons. The van der Waals surface area contributed by atoms with E-state index in [0.29, 0.717) is 18.7 Å². The molecule has 0 bridgehead atoms. The molecule has 1 fully saturated rings. The monoisotopic (exact) mass is 263 g/mol. The summed E-state index contributed by atoms with van der Waals surface area (Å²) in [7, 11) is 0. The maximum absolute atomic E-state index is 12.4. The topological polar surface area (TPSA) is 97.1 Å². The van der Waals surface area contributed by atoms with Gasteiger partial charge in [-0.15, -0.1) is 0 Å². The Morgan fingerprint density at radius 2 is 2.21 bits per heavy atom. The van der Waals surface area contributed by atoms with Crippen LogP contribution in [-0.2, 0) is 4.79 Å². The summed E-state index contributed by atoms with van der Waals surface area (Å²) >= 11 is 0. The highest BCUT2D eigenvalue weighted by Crippen LogP contribution is 2.29. The molecule has 7 heteroatoms. The summed E-state index contributed by atoms with van der Waals surface area (Å²) < 4.78 is 0. The van der Waals surface area contributed by atoms with Crippen LogP contribution >= 0.6 is 0 Å². The summed E-state index contributed by atoms with van der Waals surface area (Å²) in [4.78, 5) is 25.9. The van der Waals surface area contributed by atoms with Crippen molar-refractivity contribution in [3.63, 3.8) is 0 Å². The molecule has 0 aliphatic carbocycles. The normalized spacial score (nSPS) is 23.5. The van der Waals surface area contributed by atoms with Gasteiger partial charge in [0.05, 0.1) is 11.3 Å². The van der Waals surface area contributed by atoms with Crippen LogP contribution in [0.2, 0.25) is 0 Å². The predicted octanol–water partition coefficient (Wildman–Crippen LogP) is -0.353. The average Bonchev–Trinajstić information content (AvgIpc) is 2.84. The number of carbonyl (C=O) groups excluding carboxylic acids is 2. The lowest BCUT2D eigenvalue weighted by Crippen LogP contribution is -2.99. The molecule has 0 spiro atoms. The van der Waals surface area contributed by atoms with Crippen LogP contribution in [0.25, 0.3) is 0 Å². The van der Waals surface area contributed by atoms with E-state index in [2.05, 4.69) is 5.32 Å². The Bertz CT molecular complexity index is 558. The molecule has 2 amide bonds. The van der Waals surface area contributed by atoms with Crippen LogP contribution in [0.4, 0.5) is 11.4 Å². The molecule has 0 aromatic heterocycles. The number of rotatable bonds is 1. The molecule has 2 heterocycles. The highest BCUT2D eigenvalue weighted by atomic mass is 16.8. The van der Waals surface area contributed by atoms with Gasteiger partial charge in [0, 0.05) is 18.7 Å². The van der Waals surface area contributed by atoms with Crippen LogP contribution in [0.3, 0.4) is 0 Å². The smallest absolute Gasteiger partial charge is 0.256 e. The summed E-state index contributed by atoms with van der Waals surface area (Å²) in [5.74, 6) is -0.480. The molecule has 3 rings (SSSR count). The summed E-state index contributed by atoms with van der Waals surface area (Å²) in [5.41, 5.74) is 0.672. The Labute approximate surface area is 108 Å². The second kappa shape index (κ2) is 4.30. The predicted molar refractivity (Wildman–Crippen MR) is 64.9 cm³/mol. The lowest BCUT2D eigenvalue weighted by atomic mass is 10.1. The number of fused-ring (bicyclic) bond motifs is 2. The van der Waals surface area contributed by atoms with Gasteiger partial charge in [-0.25, -0.2) is 5.21 Å². The number of amides is 2. The van der Waals surface area contributed by atoms with E-state index in [1.165, 1.54) is 23.1 Å². The minimum Gasteiger partial charge on any atom is -0.595 e. The van der Waals surface area contributed by atoms with Gasteiger partial charge in [0.25, 0.3) is 5.91 Å². The molecule has 3 N–H and O–H groups in total. The molecule has 100 valence electrons. The van der Waals surface area contributed by atoms with E-state index in [-0.39, 0.29) is 23.1 Å². The minimum atomic E-state index is -1.09. The number of anilines is 1. The Kier molecular flexibility index (Phi) is 2.74. The number of nitrogens with one attached hydrogen (secondary N) is 2. The highest BCUT2D eigenvalue weighted by molar-refractivity contribution is 6.10. The first-order chi connectivity index (χ1) is 9.08. The van der Waals surface area contributed by atoms with Crippen molar-refractivity contribution in [2.75, 3.05) is 11.9 Å². The second-order valence-corrected chi connectivity index (χ2v) is 4.71. The molecule has 2 aliphatic heterocycles. The van der Waals surface area contributed by atoms with Crippen LogP contribution in [0, 0.1) is 5.21 Å². The fourth-order valence-corrected chi connectivity index (χ4v) is 2.62. The summed E-state index contributed by atoms with van der Waals surface area (Å²) in [6, 6.07) is 3.73. The molecule has 1 saturated heterocycles. The highest BCUT2D eigenvalue weighted by Gasteiger charge is 2.38. The third-order valence-corrected chi connectivity index (χ3v) is 3.57. The van der Waals surface area contributed by atoms with E-state index in [1.807, 2.05) is 0 Å². The van der Waals surface area contributed by atoms with Crippen molar-refractivity contribution in [1.29, 1.82) is 0 Å². The van der Waals surface area contributed by atoms with Crippen molar-refractivity contribution in [2.24, 2.45) is 0 Å². The standard InChI is InChI=1S/C12H13N3O4/c16-11-10-2-1-5-14(10)12(17)8-6-7(15(18)19)3-4-9(8)13-11/h3-4,6,10,15,18H,1-2,5H2,(H,13,16). The van der Waals surface area contributed by atoms with Gasteiger partial charge < -0.3 is 15.4 Å². The first kappa shape index (κ1) is 12.1. The van der Waals surface area contributed by atoms with Crippen LogP contribution in [0.1, 0.15) is 23.2 Å². The third kappa shape index (κ3) is 1.88. The minimum absolute atomic E-state index is 0.0407. The number of hydrogen-bond donors (Lipinski definition) is 3. The molecule has 2 atom stereocenters.